The monoisotopic (exact) mass is 365 g/mol. The number of aliphatic hydroxyl groups is 1. The Bertz CT molecular complexity index is 846. The van der Waals surface area contributed by atoms with Crippen LogP contribution in [0.25, 0.3) is 11.3 Å². The predicted molar refractivity (Wildman–Crippen MR) is 89.0 cm³/mol. The topological polar surface area (TPSA) is 69.5 Å². The predicted octanol–water partition coefficient (Wildman–Crippen LogP) is 3.06. The molecule has 2 heterocycles. The van der Waals surface area contributed by atoms with E-state index in [1.165, 1.54) is 6.92 Å². The molecular weight excluding hydrogens is 347 g/mol. The lowest BCUT2D eigenvalue weighted by Crippen LogP contribution is -2.50. The SMILES string of the molecule is Cc1cc(C(F)(F)F)cc(O)c1-c1cc2c(nn1)N([C@@H]1CC[C@H]1O)CC2. The molecule has 5 nitrogen and oxygen atoms in total. The summed E-state index contributed by atoms with van der Waals surface area (Å²) in [5.74, 6) is 0.248. The summed E-state index contributed by atoms with van der Waals surface area (Å²) in [7, 11) is 0. The fraction of sp³-hybridized carbons (Fsp3) is 0.444. The minimum Gasteiger partial charge on any atom is -0.507 e. The summed E-state index contributed by atoms with van der Waals surface area (Å²) >= 11 is 0. The van der Waals surface area contributed by atoms with Gasteiger partial charge in [-0.05, 0) is 49.9 Å². The van der Waals surface area contributed by atoms with Gasteiger partial charge in [0.25, 0.3) is 0 Å². The Hall–Kier alpha value is -2.35. The normalized spacial score (nSPS) is 22.3. The third-order valence-corrected chi connectivity index (χ3v) is 5.25. The number of fused-ring (bicyclic) bond motifs is 1. The van der Waals surface area contributed by atoms with Crippen LogP contribution < -0.4 is 4.90 Å². The van der Waals surface area contributed by atoms with E-state index < -0.39 is 17.5 Å². The van der Waals surface area contributed by atoms with E-state index in [0.717, 1.165) is 37.4 Å². The number of anilines is 1. The molecular formula is C18H18F3N3O2. The number of aromatic hydroxyl groups is 1. The minimum absolute atomic E-state index is 0.0533. The molecule has 1 saturated carbocycles. The van der Waals surface area contributed by atoms with Crippen LogP contribution in [0.1, 0.15) is 29.5 Å². The molecule has 1 fully saturated rings. The molecule has 4 rings (SSSR count). The lowest BCUT2D eigenvalue weighted by molar-refractivity contribution is -0.137. The molecule has 1 aromatic heterocycles. The molecule has 0 radical (unpaired) electrons. The highest BCUT2D eigenvalue weighted by Gasteiger charge is 2.38. The van der Waals surface area contributed by atoms with Crippen molar-refractivity contribution in [3.8, 4) is 17.0 Å². The van der Waals surface area contributed by atoms with Gasteiger partial charge in [0.1, 0.15) is 5.75 Å². The molecule has 8 heteroatoms. The summed E-state index contributed by atoms with van der Waals surface area (Å²) in [6.07, 6.45) is -2.47. The van der Waals surface area contributed by atoms with Gasteiger partial charge in [-0.1, -0.05) is 0 Å². The van der Waals surface area contributed by atoms with Gasteiger partial charge in [-0.2, -0.15) is 13.2 Å². The first-order valence-electron chi connectivity index (χ1n) is 8.48. The summed E-state index contributed by atoms with van der Waals surface area (Å²) in [6, 6.07) is 3.54. The molecule has 1 aliphatic carbocycles. The molecule has 2 aliphatic rings. The Morgan fingerprint density at radius 3 is 2.50 bits per heavy atom. The standard InChI is InChI=1S/C18H18F3N3O2/c1-9-6-11(18(19,20)21)8-15(26)16(9)12-7-10-4-5-24(17(10)23-22-12)13-2-3-14(13)25/h6-8,13-14,25-26H,2-5H2,1H3/t13-,14-/m1/s1. The number of aliphatic hydroxyl groups excluding tert-OH is 1. The Kier molecular flexibility index (Phi) is 3.83. The van der Waals surface area contributed by atoms with E-state index in [9.17, 15) is 23.4 Å². The molecule has 0 spiro atoms. The number of halogens is 3. The van der Waals surface area contributed by atoms with Crippen molar-refractivity contribution in [2.24, 2.45) is 0 Å². The Labute approximate surface area is 148 Å². The van der Waals surface area contributed by atoms with Gasteiger partial charge in [0.15, 0.2) is 5.82 Å². The van der Waals surface area contributed by atoms with Crippen LogP contribution in [0.3, 0.4) is 0 Å². The van der Waals surface area contributed by atoms with Crippen LogP contribution in [0.5, 0.6) is 5.75 Å². The highest BCUT2D eigenvalue weighted by molar-refractivity contribution is 5.73. The molecule has 0 unspecified atom stereocenters. The van der Waals surface area contributed by atoms with Gasteiger partial charge in [0.05, 0.1) is 23.4 Å². The first-order valence-corrected chi connectivity index (χ1v) is 8.48. The van der Waals surface area contributed by atoms with Crippen molar-refractivity contribution in [3.05, 3.63) is 34.9 Å². The quantitative estimate of drug-likeness (QED) is 0.856. The van der Waals surface area contributed by atoms with Crippen molar-refractivity contribution in [1.29, 1.82) is 0 Å². The maximum atomic E-state index is 12.9. The van der Waals surface area contributed by atoms with E-state index in [-0.39, 0.29) is 23.3 Å². The number of benzene rings is 1. The van der Waals surface area contributed by atoms with E-state index in [2.05, 4.69) is 10.2 Å². The number of phenols is 1. The van der Waals surface area contributed by atoms with Gasteiger partial charge in [0, 0.05) is 17.7 Å². The maximum Gasteiger partial charge on any atom is 0.416 e. The second-order valence-corrected chi connectivity index (χ2v) is 6.92. The highest BCUT2D eigenvalue weighted by Crippen LogP contribution is 2.40. The summed E-state index contributed by atoms with van der Waals surface area (Å²) in [5.41, 5.74) is 0.929. The second-order valence-electron chi connectivity index (χ2n) is 6.92. The van der Waals surface area contributed by atoms with Gasteiger partial charge in [-0.15, -0.1) is 10.2 Å². The van der Waals surface area contributed by atoms with Crippen LogP contribution in [0.2, 0.25) is 0 Å². The minimum atomic E-state index is -4.52. The molecule has 1 aromatic carbocycles. The zero-order valence-corrected chi connectivity index (χ0v) is 14.1. The maximum absolute atomic E-state index is 12.9. The van der Waals surface area contributed by atoms with Crippen LogP contribution in [-0.2, 0) is 12.6 Å². The number of nitrogens with zero attached hydrogens (tertiary/aromatic N) is 3. The molecule has 26 heavy (non-hydrogen) atoms. The average Bonchev–Trinajstić information content (AvgIpc) is 2.95. The summed E-state index contributed by atoms with van der Waals surface area (Å²) in [6.45, 7) is 2.24. The first kappa shape index (κ1) is 17.1. The molecule has 0 bridgehead atoms. The van der Waals surface area contributed by atoms with E-state index in [1.54, 1.807) is 6.07 Å². The van der Waals surface area contributed by atoms with Crippen LogP contribution in [0.4, 0.5) is 19.0 Å². The number of hydrogen-bond acceptors (Lipinski definition) is 5. The Morgan fingerprint density at radius 2 is 1.92 bits per heavy atom. The highest BCUT2D eigenvalue weighted by atomic mass is 19.4. The van der Waals surface area contributed by atoms with Crippen molar-refractivity contribution in [3.63, 3.8) is 0 Å². The lowest BCUT2D eigenvalue weighted by Gasteiger charge is -2.40. The molecule has 0 saturated heterocycles. The molecule has 1 aliphatic heterocycles. The average molecular weight is 365 g/mol. The van der Waals surface area contributed by atoms with Crippen molar-refractivity contribution >= 4 is 5.82 Å². The first-order chi connectivity index (χ1) is 12.3. The van der Waals surface area contributed by atoms with Gasteiger partial charge in [-0.3, -0.25) is 0 Å². The molecule has 138 valence electrons. The summed E-state index contributed by atoms with van der Waals surface area (Å²) < 4.78 is 38.7. The van der Waals surface area contributed by atoms with Crippen molar-refractivity contribution in [1.82, 2.24) is 10.2 Å². The number of rotatable bonds is 2. The van der Waals surface area contributed by atoms with E-state index >= 15 is 0 Å². The number of alkyl halides is 3. The van der Waals surface area contributed by atoms with Gasteiger partial charge >= 0.3 is 6.18 Å². The number of aromatic nitrogens is 2. The zero-order chi connectivity index (χ0) is 18.6. The third-order valence-electron chi connectivity index (χ3n) is 5.25. The fourth-order valence-corrected chi connectivity index (χ4v) is 3.74. The van der Waals surface area contributed by atoms with Crippen molar-refractivity contribution in [2.45, 2.75) is 44.5 Å². The van der Waals surface area contributed by atoms with Gasteiger partial charge in [0.2, 0.25) is 0 Å². The smallest absolute Gasteiger partial charge is 0.416 e. The number of hydrogen-bond donors (Lipinski definition) is 2. The van der Waals surface area contributed by atoms with Gasteiger partial charge in [-0.25, -0.2) is 0 Å². The molecule has 2 aromatic rings. The molecule has 2 atom stereocenters. The molecule has 0 amide bonds. The van der Waals surface area contributed by atoms with E-state index in [0.29, 0.717) is 17.6 Å². The fourth-order valence-electron chi connectivity index (χ4n) is 3.74. The van der Waals surface area contributed by atoms with Crippen molar-refractivity contribution < 1.29 is 23.4 Å². The third kappa shape index (κ3) is 2.68. The number of phenolic OH excluding ortho intramolecular Hbond substituents is 1. The van der Waals surface area contributed by atoms with E-state index in [4.69, 9.17) is 0 Å². The second kappa shape index (κ2) is 5.84. The zero-order valence-electron chi connectivity index (χ0n) is 14.1. The van der Waals surface area contributed by atoms with Crippen LogP contribution in [0, 0.1) is 6.92 Å². The van der Waals surface area contributed by atoms with Crippen LogP contribution >= 0.6 is 0 Å². The van der Waals surface area contributed by atoms with Gasteiger partial charge < -0.3 is 15.1 Å². The summed E-state index contributed by atoms with van der Waals surface area (Å²) in [4.78, 5) is 2.04. The number of aryl methyl sites for hydroxylation is 1. The van der Waals surface area contributed by atoms with Crippen molar-refractivity contribution in [2.75, 3.05) is 11.4 Å². The Balaban J connectivity index is 1.70. The lowest BCUT2D eigenvalue weighted by atomic mass is 9.88. The van der Waals surface area contributed by atoms with Crippen LogP contribution in [0.15, 0.2) is 18.2 Å². The molecule has 2 N–H and O–H groups in total. The summed E-state index contributed by atoms with van der Waals surface area (Å²) in [5, 5.41) is 28.4. The largest absolute Gasteiger partial charge is 0.507 e. The Morgan fingerprint density at radius 1 is 1.15 bits per heavy atom. The van der Waals surface area contributed by atoms with E-state index in [1.807, 2.05) is 4.90 Å². The van der Waals surface area contributed by atoms with Crippen LogP contribution in [-0.4, -0.2) is 39.1 Å².